The summed E-state index contributed by atoms with van der Waals surface area (Å²) in [6.07, 6.45) is 7.29. The molecule has 114 valence electrons. The van der Waals surface area contributed by atoms with Crippen LogP contribution in [0.4, 0.5) is 0 Å². The first-order valence-electron chi connectivity index (χ1n) is 8.30. The molecule has 0 radical (unpaired) electrons. The predicted octanol–water partition coefficient (Wildman–Crippen LogP) is 2.61. The molecule has 2 aliphatic rings. The van der Waals surface area contributed by atoms with Crippen molar-refractivity contribution in [3.05, 3.63) is 35.4 Å². The van der Waals surface area contributed by atoms with Crippen LogP contribution in [-0.2, 0) is 11.2 Å². The summed E-state index contributed by atoms with van der Waals surface area (Å²) in [4.78, 5) is 11.8. The summed E-state index contributed by atoms with van der Waals surface area (Å²) in [6, 6.07) is 8.95. The molecule has 0 spiro atoms. The molecule has 0 aromatic heterocycles. The molecule has 1 heterocycles. The number of rotatable bonds is 3. The molecule has 3 unspecified atom stereocenters. The number of piperidine rings is 1. The van der Waals surface area contributed by atoms with Gasteiger partial charge in [0, 0.05) is 7.05 Å². The molecule has 3 atom stereocenters. The molecule has 1 aliphatic heterocycles. The highest BCUT2D eigenvalue weighted by molar-refractivity contribution is 5.81. The van der Waals surface area contributed by atoms with Gasteiger partial charge >= 0.3 is 0 Å². The van der Waals surface area contributed by atoms with Gasteiger partial charge in [-0.05, 0) is 68.0 Å². The van der Waals surface area contributed by atoms with E-state index in [0.29, 0.717) is 11.8 Å². The van der Waals surface area contributed by atoms with Gasteiger partial charge in [0.25, 0.3) is 0 Å². The lowest BCUT2D eigenvalue weighted by molar-refractivity contribution is -0.123. The second-order valence-electron chi connectivity index (χ2n) is 6.54. The van der Waals surface area contributed by atoms with Crippen LogP contribution in [-0.4, -0.2) is 25.5 Å². The number of likely N-dealkylation sites (N-methyl/N-ethyl adjacent to an activating group) is 1. The van der Waals surface area contributed by atoms with Gasteiger partial charge in [-0.1, -0.05) is 24.3 Å². The van der Waals surface area contributed by atoms with E-state index in [0.717, 1.165) is 13.0 Å². The second-order valence-corrected chi connectivity index (χ2v) is 6.54. The SMILES string of the molecule is CNC(=O)C1CC(CC2CCCc3ccccc32)CCN1. The highest BCUT2D eigenvalue weighted by atomic mass is 16.2. The number of fused-ring (bicyclic) bond motifs is 1. The minimum atomic E-state index is 0.00702. The van der Waals surface area contributed by atoms with Crippen molar-refractivity contribution in [3.8, 4) is 0 Å². The van der Waals surface area contributed by atoms with Crippen molar-refractivity contribution in [1.29, 1.82) is 0 Å². The van der Waals surface area contributed by atoms with E-state index >= 15 is 0 Å². The van der Waals surface area contributed by atoms with Crippen molar-refractivity contribution in [2.45, 2.75) is 50.5 Å². The van der Waals surface area contributed by atoms with Crippen LogP contribution in [0.1, 0.15) is 49.1 Å². The highest BCUT2D eigenvalue weighted by Gasteiger charge is 2.29. The minimum Gasteiger partial charge on any atom is -0.358 e. The van der Waals surface area contributed by atoms with Crippen molar-refractivity contribution in [2.75, 3.05) is 13.6 Å². The van der Waals surface area contributed by atoms with Gasteiger partial charge in [-0.15, -0.1) is 0 Å². The molecule has 0 bridgehead atoms. The third kappa shape index (κ3) is 3.29. The molecule has 1 saturated heterocycles. The van der Waals surface area contributed by atoms with Crippen LogP contribution in [0.3, 0.4) is 0 Å². The van der Waals surface area contributed by atoms with E-state index in [9.17, 15) is 4.79 Å². The predicted molar refractivity (Wildman–Crippen MR) is 85.3 cm³/mol. The van der Waals surface area contributed by atoms with Crippen molar-refractivity contribution < 1.29 is 4.79 Å². The number of carbonyl (C=O) groups excluding carboxylic acids is 1. The van der Waals surface area contributed by atoms with Crippen molar-refractivity contribution >= 4 is 5.91 Å². The number of hydrogen-bond acceptors (Lipinski definition) is 2. The smallest absolute Gasteiger partial charge is 0.236 e. The van der Waals surface area contributed by atoms with E-state index in [1.165, 1.54) is 32.1 Å². The molecular formula is C18H26N2O. The fraction of sp³-hybridized carbons (Fsp3) is 0.611. The Labute approximate surface area is 127 Å². The maximum absolute atomic E-state index is 11.8. The summed E-state index contributed by atoms with van der Waals surface area (Å²) in [5, 5.41) is 6.12. The fourth-order valence-electron chi connectivity index (χ4n) is 4.09. The zero-order valence-electron chi connectivity index (χ0n) is 12.9. The van der Waals surface area contributed by atoms with Crippen LogP contribution >= 0.6 is 0 Å². The first-order chi connectivity index (χ1) is 10.3. The van der Waals surface area contributed by atoms with Gasteiger partial charge in [-0.25, -0.2) is 0 Å². The first-order valence-corrected chi connectivity index (χ1v) is 8.30. The molecule has 3 heteroatoms. The summed E-state index contributed by atoms with van der Waals surface area (Å²) in [7, 11) is 1.73. The Kier molecular flexibility index (Phi) is 4.59. The molecule has 0 saturated carbocycles. The molecule has 3 nitrogen and oxygen atoms in total. The number of hydrogen-bond donors (Lipinski definition) is 2. The van der Waals surface area contributed by atoms with Crippen LogP contribution in [0.25, 0.3) is 0 Å². The number of aryl methyl sites for hydroxylation is 1. The lowest BCUT2D eigenvalue weighted by atomic mass is 9.75. The maximum atomic E-state index is 11.8. The largest absolute Gasteiger partial charge is 0.358 e. The summed E-state index contributed by atoms with van der Waals surface area (Å²) in [6.45, 7) is 0.969. The van der Waals surface area contributed by atoms with E-state index in [4.69, 9.17) is 0 Å². The molecule has 1 aliphatic carbocycles. The molecule has 1 aromatic carbocycles. The number of carbonyl (C=O) groups is 1. The number of benzene rings is 1. The monoisotopic (exact) mass is 286 g/mol. The first kappa shape index (κ1) is 14.6. The van der Waals surface area contributed by atoms with E-state index in [1.54, 1.807) is 18.2 Å². The Morgan fingerprint density at radius 3 is 3.05 bits per heavy atom. The highest BCUT2D eigenvalue weighted by Crippen LogP contribution is 2.38. The molecule has 1 aromatic rings. The van der Waals surface area contributed by atoms with Gasteiger partial charge in [-0.2, -0.15) is 0 Å². The molecule has 21 heavy (non-hydrogen) atoms. The van der Waals surface area contributed by atoms with E-state index < -0.39 is 0 Å². The third-order valence-corrected chi connectivity index (χ3v) is 5.19. The van der Waals surface area contributed by atoms with Crippen LogP contribution in [0.2, 0.25) is 0 Å². The van der Waals surface area contributed by atoms with Gasteiger partial charge in [0.05, 0.1) is 6.04 Å². The molecule has 3 rings (SSSR count). The van der Waals surface area contributed by atoms with Crippen LogP contribution in [0, 0.1) is 5.92 Å². The number of amides is 1. The fourth-order valence-corrected chi connectivity index (χ4v) is 4.09. The van der Waals surface area contributed by atoms with Gasteiger partial charge in [0.15, 0.2) is 0 Å². The summed E-state index contributed by atoms with van der Waals surface area (Å²) in [5.74, 6) is 1.51. The Bertz CT molecular complexity index is 500. The average Bonchev–Trinajstić information content (AvgIpc) is 2.55. The van der Waals surface area contributed by atoms with Crippen molar-refractivity contribution in [3.63, 3.8) is 0 Å². The standard InChI is InChI=1S/C18H26N2O/c1-19-18(21)17-12-13(9-10-20-17)11-15-7-4-6-14-5-2-3-8-16(14)15/h2-3,5,8,13,15,17,20H,4,6-7,9-12H2,1H3,(H,19,21). The summed E-state index contributed by atoms with van der Waals surface area (Å²) < 4.78 is 0. The topological polar surface area (TPSA) is 41.1 Å². The Morgan fingerprint density at radius 2 is 2.19 bits per heavy atom. The summed E-state index contributed by atoms with van der Waals surface area (Å²) in [5.41, 5.74) is 3.12. The van der Waals surface area contributed by atoms with E-state index in [-0.39, 0.29) is 11.9 Å². The van der Waals surface area contributed by atoms with E-state index in [2.05, 4.69) is 34.9 Å². The normalized spacial score (nSPS) is 28.7. The molecule has 1 amide bonds. The maximum Gasteiger partial charge on any atom is 0.236 e. The third-order valence-electron chi connectivity index (χ3n) is 5.19. The van der Waals surface area contributed by atoms with Crippen molar-refractivity contribution in [2.24, 2.45) is 5.92 Å². The lowest BCUT2D eigenvalue weighted by Gasteiger charge is -2.33. The van der Waals surface area contributed by atoms with Gasteiger partial charge in [0.2, 0.25) is 5.91 Å². The molecular weight excluding hydrogens is 260 g/mol. The Hall–Kier alpha value is -1.35. The van der Waals surface area contributed by atoms with E-state index in [1.807, 2.05) is 0 Å². The zero-order chi connectivity index (χ0) is 14.7. The Morgan fingerprint density at radius 1 is 1.33 bits per heavy atom. The van der Waals surface area contributed by atoms with Gasteiger partial charge < -0.3 is 10.6 Å². The zero-order valence-corrected chi connectivity index (χ0v) is 12.9. The van der Waals surface area contributed by atoms with Gasteiger partial charge in [-0.3, -0.25) is 4.79 Å². The van der Waals surface area contributed by atoms with Crippen LogP contribution in [0.15, 0.2) is 24.3 Å². The minimum absolute atomic E-state index is 0.00702. The van der Waals surface area contributed by atoms with Gasteiger partial charge in [0.1, 0.15) is 0 Å². The number of nitrogens with one attached hydrogen (secondary N) is 2. The average molecular weight is 286 g/mol. The van der Waals surface area contributed by atoms with Crippen LogP contribution in [0.5, 0.6) is 0 Å². The molecule has 1 fully saturated rings. The van der Waals surface area contributed by atoms with Crippen molar-refractivity contribution in [1.82, 2.24) is 10.6 Å². The lowest BCUT2D eigenvalue weighted by Crippen LogP contribution is -2.48. The van der Waals surface area contributed by atoms with Crippen LogP contribution < -0.4 is 10.6 Å². The second kappa shape index (κ2) is 6.61. The molecule has 2 N–H and O–H groups in total. The quantitative estimate of drug-likeness (QED) is 0.897. The summed E-state index contributed by atoms with van der Waals surface area (Å²) >= 11 is 0. The Balaban J connectivity index is 1.66.